The van der Waals surface area contributed by atoms with Crippen LogP contribution in [0.5, 0.6) is 0 Å². The smallest absolute Gasteiger partial charge is 0.0694 e. The quantitative estimate of drug-likeness (QED) is 0.677. The molecular weight excluding hydrogens is 183 g/mol. The molecule has 4 heteroatoms. The Balaban J connectivity index is 3.32. The van der Waals surface area contributed by atoms with Crippen LogP contribution < -0.4 is 0 Å². The predicted octanol–water partition coefficient (Wildman–Crippen LogP) is 2.78. The molecule has 0 bridgehead atoms. The van der Waals surface area contributed by atoms with Gasteiger partial charge in [0.25, 0.3) is 0 Å². The van der Waals surface area contributed by atoms with Crippen LogP contribution in [0.3, 0.4) is 0 Å². The minimum atomic E-state index is 0.349. The molecular formula is C7H6Cl2N2. The molecule has 2 nitrogen and oxygen atoms in total. The third-order valence-corrected chi connectivity index (χ3v) is 1.80. The average Bonchev–Trinajstić information content (AvgIpc) is 1.85. The van der Waals surface area contributed by atoms with Crippen molar-refractivity contribution in [1.82, 2.24) is 4.98 Å². The molecule has 0 saturated heterocycles. The highest BCUT2D eigenvalue weighted by Gasteiger charge is 2.06. The highest BCUT2D eigenvalue weighted by Crippen LogP contribution is 2.22. The van der Waals surface area contributed by atoms with Gasteiger partial charge in [-0.05, 0) is 6.92 Å². The first-order valence-electron chi connectivity index (χ1n) is 2.97. The van der Waals surface area contributed by atoms with Crippen molar-refractivity contribution < 1.29 is 0 Å². The number of nitrogens with one attached hydrogen (secondary N) is 1. The van der Waals surface area contributed by atoms with Gasteiger partial charge in [0, 0.05) is 23.7 Å². The van der Waals surface area contributed by atoms with Crippen molar-refractivity contribution >= 4 is 28.9 Å². The molecule has 0 aliphatic heterocycles. The van der Waals surface area contributed by atoms with Crippen molar-refractivity contribution in [3.63, 3.8) is 0 Å². The standard InChI is InChI=1S/C7H6Cl2N2/c1-4(10)7-5(8)2-11-3-6(7)9/h2-3,10H,1H3. The zero-order valence-electron chi connectivity index (χ0n) is 5.86. The number of rotatable bonds is 1. The summed E-state index contributed by atoms with van der Waals surface area (Å²) in [7, 11) is 0. The van der Waals surface area contributed by atoms with E-state index in [-0.39, 0.29) is 0 Å². The van der Waals surface area contributed by atoms with Gasteiger partial charge < -0.3 is 5.41 Å². The monoisotopic (exact) mass is 188 g/mol. The van der Waals surface area contributed by atoms with Gasteiger partial charge in [-0.15, -0.1) is 0 Å². The number of hydrogen-bond donors (Lipinski definition) is 1. The van der Waals surface area contributed by atoms with Gasteiger partial charge in [0.2, 0.25) is 0 Å². The molecule has 1 heterocycles. The first-order chi connectivity index (χ1) is 5.13. The molecule has 0 atom stereocenters. The first-order valence-corrected chi connectivity index (χ1v) is 3.73. The fraction of sp³-hybridized carbons (Fsp3) is 0.143. The molecule has 1 aromatic heterocycles. The molecule has 1 aromatic rings. The topological polar surface area (TPSA) is 36.7 Å². The Labute approximate surface area is 74.7 Å². The average molecular weight is 189 g/mol. The van der Waals surface area contributed by atoms with Crippen LogP contribution in [0.25, 0.3) is 0 Å². The van der Waals surface area contributed by atoms with Crippen molar-refractivity contribution in [3.8, 4) is 0 Å². The van der Waals surface area contributed by atoms with E-state index in [0.29, 0.717) is 21.3 Å². The predicted molar refractivity (Wildman–Crippen MR) is 46.8 cm³/mol. The van der Waals surface area contributed by atoms with E-state index in [1.54, 1.807) is 6.92 Å². The zero-order chi connectivity index (χ0) is 8.43. The first kappa shape index (κ1) is 8.50. The molecule has 0 fully saturated rings. The van der Waals surface area contributed by atoms with E-state index < -0.39 is 0 Å². The SMILES string of the molecule is CC(=N)c1c(Cl)cncc1Cl. The summed E-state index contributed by atoms with van der Waals surface area (Å²) in [5.74, 6) is 0. The second-order valence-corrected chi connectivity index (χ2v) is 2.92. The van der Waals surface area contributed by atoms with Crippen molar-refractivity contribution in [2.45, 2.75) is 6.92 Å². The van der Waals surface area contributed by atoms with Crippen LogP contribution in [-0.4, -0.2) is 10.7 Å². The molecule has 0 saturated carbocycles. The summed E-state index contributed by atoms with van der Waals surface area (Å²) in [5.41, 5.74) is 0.908. The lowest BCUT2D eigenvalue weighted by atomic mass is 10.2. The lowest BCUT2D eigenvalue weighted by Crippen LogP contribution is -1.95. The van der Waals surface area contributed by atoms with Gasteiger partial charge in [-0.2, -0.15) is 0 Å². The zero-order valence-corrected chi connectivity index (χ0v) is 7.37. The highest BCUT2D eigenvalue weighted by atomic mass is 35.5. The van der Waals surface area contributed by atoms with Crippen LogP contribution >= 0.6 is 23.2 Å². The lowest BCUT2D eigenvalue weighted by molar-refractivity contribution is 1.31. The van der Waals surface area contributed by atoms with E-state index in [1.807, 2.05) is 0 Å². The molecule has 1 rings (SSSR count). The van der Waals surface area contributed by atoms with Gasteiger partial charge in [0.05, 0.1) is 10.0 Å². The Morgan fingerprint density at radius 3 is 2.09 bits per heavy atom. The summed E-state index contributed by atoms with van der Waals surface area (Å²) >= 11 is 11.5. The molecule has 0 aromatic carbocycles. The van der Waals surface area contributed by atoms with Crippen molar-refractivity contribution in [1.29, 1.82) is 5.41 Å². The Morgan fingerprint density at radius 1 is 1.36 bits per heavy atom. The maximum atomic E-state index is 7.32. The van der Waals surface area contributed by atoms with Gasteiger partial charge in [-0.3, -0.25) is 4.98 Å². The summed E-state index contributed by atoms with van der Waals surface area (Å²) < 4.78 is 0. The second-order valence-electron chi connectivity index (χ2n) is 2.10. The number of nitrogens with zero attached hydrogens (tertiary/aromatic N) is 1. The molecule has 0 aliphatic rings. The van der Waals surface area contributed by atoms with E-state index in [2.05, 4.69) is 4.98 Å². The van der Waals surface area contributed by atoms with Crippen molar-refractivity contribution in [2.24, 2.45) is 0 Å². The summed E-state index contributed by atoms with van der Waals surface area (Å²) in [6, 6.07) is 0. The van der Waals surface area contributed by atoms with Crippen LogP contribution in [-0.2, 0) is 0 Å². The van der Waals surface area contributed by atoms with Crippen LogP contribution in [0.4, 0.5) is 0 Å². The highest BCUT2D eigenvalue weighted by molar-refractivity contribution is 6.39. The number of halogens is 2. The van der Waals surface area contributed by atoms with E-state index in [4.69, 9.17) is 28.6 Å². The summed E-state index contributed by atoms with van der Waals surface area (Å²) in [4.78, 5) is 3.77. The van der Waals surface area contributed by atoms with E-state index >= 15 is 0 Å². The lowest BCUT2D eigenvalue weighted by Gasteiger charge is -2.02. The van der Waals surface area contributed by atoms with Gasteiger partial charge in [-0.1, -0.05) is 23.2 Å². The van der Waals surface area contributed by atoms with Crippen molar-refractivity contribution in [2.75, 3.05) is 0 Å². The molecule has 11 heavy (non-hydrogen) atoms. The van der Waals surface area contributed by atoms with Gasteiger partial charge in [0.1, 0.15) is 0 Å². The molecule has 0 unspecified atom stereocenters. The Morgan fingerprint density at radius 2 is 1.82 bits per heavy atom. The van der Waals surface area contributed by atoms with E-state index in [0.717, 1.165) is 0 Å². The minimum absolute atomic E-state index is 0.349. The molecule has 0 amide bonds. The maximum Gasteiger partial charge on any atom is 0.0694 e. The molecule has 0 aliphatic carbocycles. The normalized spacial score (nSPS) is 9.73. The second kappa shape index (κ2) is 3.20. The largest absolute Gasteiger partial charge is 0.305 e. The van der Waals surface area contributed by atoms with Gasteiger partial charge in [0.15, 0.2) is 0 Å². The third kappa shape index (κ3) is 1.70. The Hall–Kier alpha value is -0.600. The van der Waals surface area contributed by atoms with E-state index in [9.17, 15) is 0 Å². The molecule has 58 valence electrons. The van der Waals surface area contributed by atoms with Gasteiger partial charge in [-0.25, -0.2) is 0 Å². The maximum absolute atomic E-state index is 7.32. The van der Waals surface area contributed by atoms with Crippen LogP contribution in [0.15, 0.2) is 12.4 Å². The molecule has 0 spiro atoms. The Bertz CT molecular complexity index is 276. The number of hydrogen-bond acceptors (Lipinski definition) is 2. The molecule has 0 radical (unpaired) electrons. The summed E-state index contributed by atoms with van der Waals surface area (Å²) in [6.07, 6.45) is 2.95. The number of pyridine rings is 1. The Kier molecular flexibility index (Phi) is 2.47. The fourth-order valence-electron chi connectivity index (χ4n) is 0.770. The summed E-state index contributed by atoms with van der Waals surface area (Å²) in [5, 5.41) is 8.16. The van der Waals surface area contributed by atoms with E-state index in [1.165, 1.54) is 12.4 Å². The van der Waals surface area contributed by atoms with Crippen molar-refractivity contribution in [3.05, 3.63) is 28.0 Å². The minimum Gasteiger partial charge on any atom is -0.305 e. The molecule has 1 N–H and O–H groups in total. The number of aromatic nitrogens is 1. The van der Waals surface area contributed by atoms with Gasteiger partial charge >= 0.3 is 0 Å². The fourth-order valence-corrected chi connectivity index (χ4v) is 1.42. The summed E-state index contributed by atoms with van der Waals surface area (Å²) in [6.45, 7) is 1.63. The van der Waals surface area contributed by atoms with Crippen LogP contribution in [0.2, 0.25) is 10.0 Å². The third-order valence-electron chi connectivity index (χ3n) is 1.23. The van der Waals surface area contributed by atoms with Crippen LogP contribution in [0, 0.1) is 5.41 Å². The van der Waals surface area contributed by atoms with Crippen LogP contribution in [0.1, 0.15) is 12.5 Å².